The van der Waals surface area contributed by atoms with Gasteiger partial charge in [0.25, 0.3) is 5.56 Å². The van der Waals surface area contributed by atoms with E-state index in [1.54, 1.807) is 54.0 Å². The number of benzene rings is 2. The second kappa shape index (κ2) is 9.28. The number of rotatable bonds is 7. The summed E-state index contributed by atoms with van der Waals surface area (Å²) >= 11 is 0. The normalized spacial score (nSPS) is 13.0. The molecule has 0 fully saturated rings. The summed E-state index contributed by atoms with van der Waals surface area (Å²) < 4.78 is 17.3. The number of aryl methyl sites for hydroxylation is 2. The van der Waals surface area contributed by atoms with E-state index in [0.29, 0.717) is 35.7 Å². The summed E-state index contributed by atoms with van der Waals surface area (Å²) in [7, 11) is 1.28. The van der Waals surface area contributed by atoms with Crippen LogP contribution < -0.4 is 15.0 Å². The van der Waals surface area contributed by atoms with Crippen LogP contribution in [0.25, 0.3) is 0 Å². The van der Waals surface area contributed by atoms with Gasteiger partial charge in [0.05, 0.1) is 19.1 Å². The first-order valence-corrected chi connectivity index (χ1v) is 10.5. The number of nitrogens with zero attached hydrogens (tertiary/aromatic N) is 1. The molecule has 2 heterocycles. The number of carbonyl (C=O) groups is 1. The van der Waals surface area contributed by atoms with Crippen molar-refractivity contribution in [2.45, 2.75) is 32.2 Å². The van der Waals surface area contributed by atoms with Gasteiger partial charge in [-0.2, -0.15) is 0 Å². The highest BCUT2D eigenvalue weighted by atomic mass is 16.7. The average molecular weight is 451 g/mol. The van der Waals surface area contributed by atoms with Crippen molar-refractivity contribution < 1.29 is 29.2 Å². The second-order valence-corrected chi connectivity index (χ2v) is 7.90. The SMILES string of the molecule is COC(=O)CC(c1ccc2c(c1)OCO2)c1c(O)cc(C)n(CCc2ccc(O)cc2)c1=O. The average Bonchev–Trinajstić information content (AvgIpc) is 3.27. The lowest BCUT2D eigenvalue weighted by atomic mass is 9.88. The zero-order valence-corrected chi connectivity index (χ0v) is 18.4. The molecule has 172 valence electrons. The Morgan fingerprint density at radius 2 is 1.82 bits per heavy atom. The molecule has 33 heavy (non-hydrogen) atoms. The van der Waals surface area contributed by atoms with E-state index in [0.717, 1.165) is 5.56 Å². The van der Waals surface area contributed by atoms with Crippen LogP contribution in [-0.4, -0.2) is 34.7 Å². The Morgan fingerprint density at radius 3 is 2.55 bits per heavy atom. The molecule has 2 aromatic carbocycles. The van der Waals surface area contributed by atoms with Gasteiger partial charge in [-0.25, -0.2) is 0 Å². The first-order chi connectivity index (χ1) is 15.9. The number of ether oxygens (including phenoxy) is 3. The largest absolute Gasteiger partial charge is 0.508 e. The Balaban J connectivity index is 1.74. The predicted molar refractivity (Wildman–Crippen MR) is 120 cm³/mol. The molecule has 0 bridgehead atoms. The number of fused-ring (bicyclic) bond motifs is 1. The molecule has 1 aliphatic rings. The molecule has 0 saturated heterocycles. The minimum absolute atomic E-state index is 0.0975. The minimum atomic E-state index is -0.736. The van der Waals surface area contributed by atoms with E-state index in [9.17, 15) is 19.8 Å². The summed E-state index contributed by atoms with van der Waals surface area (Å²) in [5.74, 6) is -0.150. The number of esters is 1. The lowest BCUT2D eigenvalue weighted by Crippen LogP contribution is -2.29. The molecule has 0 saturated carbocycles. The molecule has 1 aromatic heterocycles. The summed E-state index contributed by atoms with van der Waals surface area (Å²) in [5, 5.41) is 20.3. The van der Waals surface area contributed by atoms with Gasteiger partial charge in [-0.15, -0.1) is 0 Å². The third kappa shape index (κ3) is 4.64. The molecule has 8 heteroatoms. The van der Waals surface area contributed by atoms with Crippen LogP contribution in [0.2, 0.25) is 0 Å². The van der Waals surface area contributed by atoms with Gasteiger partial charge in [0, 0.05) is 18.2 Å². The van der Waals surface area contributed by atoms with Crippen molar-refractivity contribution in [1.82, 2.24) is 4.57 Å². The second-order valence-electron chi connectivity index (χ2n) is 7.90. The van der Waals surface area contributed by atoms with Crippen molar-refractivity contribution in [3.63, 3.8) is 0 Å². The van der Waals surface area contributed by atoms with E-state index in [1.807, 2.05) is 0 Å². The maximum Gasteiger partial charge on any atom is 0.306 e. The number of methoxy groups -OCH3 is 1. The Kier molecular flexibility index (Phi) is 6.26. The van der Waals surface area contributed by atoms with E-state index in [4.69, 9.17) is 14.2 Å². The van der Waals surface area contributed by atoms with Gasteiger partial charge in [-0.05, 0) is 54.8 Å². The number of hydrogen-bond acceptors (Lipinski definition) is 7. The third-order valence-electron chi connectivity index (χ3n) is 5.83. The van der Waals surface area contributed by atoms with E-state index in [2.05, 4.69) is 0 Å². The van der Waals surface area contributed by atoms with Gasteiger partial charge < -0.3 is 29.0 Å². The van der Waals surface area contributed by atoms with Crippen LogP contribution in [-0.2, 0) is 22.5 Å². The van der Waals surface area contributed by atoms with Crippen LogP contribution >= 0.6 is 0 Å². The fraction of sp³-hybridized carbons (Fsp3) is 0.280. The van der Waals surface area contributed by atoms with Crippen molar-refractivity contribution in [1.29, 1.82) is 0 Å². The quantitative estimate of drug-likeness (QED) is 0.531. The van der Waals surface area contributed by atoms with Crippen molar-refractivity contribution >= 4 is 5.97 Å². The lowest BCUT2D eigenvalue weighted by Gasteiger charge is -2.21. The molecule has 0 amide bonds. The van der Waals surface area contributed by atoms with Crippen LogP contribution in [0, 0.1) is 6.92 Å². The first kappa shape index (κ1) is 22.3. The third-order valence-corrected chi connectivity index (χ3v) is 5.83. The maximum atomic E-state index is 13.6. The highest BCUT2D eigenvalue weighted by molar-refractivity contribution is 5.71. The Hall–Kier alpha value is -3.94. The summed E-state index contributed by atoms with van der Waals surface area (Å²) in [6.07, 6.45) is 0.427. The van der Waals surface area contributed by atoms with Crippen molar-refractivity contribution in [3.8, 4) is 23.0 Å². The summed E-state index contributed by atoms with van der Waals surface area (Å²) in [6, 6.07) is 13.5. The molecule has 1 unspecified atom stereocenters. The maximum absolute atomic E-state index is 13.6. The molecule has 8 nitrogen and oxygen atoms in total. The Labute approximate surface area is 190 Å². The number of hydrogen-bond donors (Lipinski definition) is 2. The molecular weight excluding hydrogens is 426 g/mol. The highest BCUT2D eigenvalue weighted by Crippen LogP contribution is 2.39. The van der Waals surface area contributed by atoms with E-state index in [1.165, 1.54) is 13.2 Å². The number of aromatic nitrogens is 1. The fourth-order valence-corrected chi connectivity index (χ4v) is 4.04. The van der Waals surface area contributed by atoms with Gasteiger partial charge in [0.1, 0.15) is 11.5 Å². The summed E-state index contributed by atoms with van der Waals surface area (Å²) in [6.45, 7) is 2.21. The van der Waals surface area contributed by atoms with Crippen LogP contribution in [0.5, 0.6) is 23.0 Å². The molecule has 4 rings (SSSR count). The van der Waals surface area contributed by atoms with Crippen LogP contribution in [0.15, 0.2) is 53.3 Å². The number of phenolic OH excluding ortho intramolecular Hbond substituents is 1. The standard InChI is InChI=1S/C25H25NO7/c1-15-11-20(28)24(25(30)26(15)10-9-16-3-6-18(27)7-4-16)19(13-23(29)31-2)17-5-8-21-22(12-17)33-14-32-21/h3-8,11-12,19,27-28H,9-10,13-14H2,1-2H3. The Bertz CT molecular complexity index is 1230. The van der Waals surface area contributed by atoms with Gasteiger partial charge in [0.15, 0.2) is 11.5 Å². The van der Waals surface area contributed by atoms with Gasteiger partial charge in [0.2, 0.25) is 6.79 Å². The molecule has 0 aliphatic carbocycles. The topological polar surface area (TPSA) is 107 Å². The molecule has 3 aromatic rings. The van der Waals surface area contributed by atoms with Crippen molar-refractivity contribution in [2.75, 3.05) is 13.9 Å². The molecule has 2 N–H and O–H groups in total. The number of aromatic hydroxyl groups is 2. The van der Waals surface area contributed by atoms with Crippen molar-refractivity contribution in [3.05, 3.63) is 81.3 Å². The van der Waals surface area contributed by atoms with Crippen LogP contribution in [0.1, 0.15) is 34.7 Å². The van der Waals surface area contributed by atoms with Crippen LogP contribution in [0.4, 0.5) is 0 Å². The molecule has 0 radical (unpaired) electrons. The molecule has 1 aliphatic heterocycles. The smallest absolute Gasteiger partial charge is 0.306 e. The lowest BCUT2D eigenvalue weighted by molar-refractivity contribution is -0.140. The minimum Gasteiger partial charge on any atom is -0.508 e. The first-order valence-electron chi connectivity index (χ1n) is 10.5. The molecule has 0 spiro atoms. The van der Waals surface area contributed by atoms with Gasteiger partial charge in [-0.1, -0.05) is 18.2 Å². The molecule has 1 atom stereocenters. The zero-order chi connectivity index (χ0) is 23.5. The van der Waals surface area contributed by atoms with Gasteiger partial charge in [-0.3, -0.25) is 9.59 Å². The Morgan fingerprint density at radius 1 is 1.09 bits per heavy atom. The van der Waals surface area contributed by atoms with E-state index in [-0.39, 0.29) is 35.8 Å². The van der Waals surface area contributed by atoms with Crippen LogP contribution in [0.3, 0.4) is 0 Å². The number of carbonyl (C=O) groups excluding carboxylic acids is 1. The van der Waals surface area contributed by atoms with E-state index < -0.39 is 11.9 Å². The molecular formula is C25H25NO7. The number of phenols is 1. The highest BCUT2D eigenvalue weighted by Gasteiger charge is 2.28. The van der Waals surface area contributed by atoms with Crippen molar-refractivity contribution in [2.24, 2.45) is 0 Å². The number of pyridine rings is 1. The van der Waals surface area contributed by atoms with Gasteiger partial charge >= 0.3 is 5.97 Å². The van der Waals surface area contributed by atoms with E-state index >= 15 is 0 Å². The predicted octanol–water partition coefficient (Wildman–Crippen LogP) is 3.23. The zero-order valence-electron chi connectivity index (χ0n) is 18.4. The fourth-order valence-electron chi connectivity index (χ4n) is 4.04. The summed E-state index contributed by atoms with van der Waals surface area (Å²) in [4.78, 5) is 25.8. The monoisotopic (exact) mass is 451 g/mol. The summed E-state index contributed by atoms with van der Waals surface area (Å²) in [5.41, 5.74) is 1.93.